The largest absolute Gasteiger partial charge is 0.289 e. The van der Waals surface area contributed by atoms with Crippen LogP contribution in [0.4, 0.5) is 4.39 Å². The van der Waals surface area contributed by atoms with Crippen molar-refractivity contribution in [2.75, 3.05) is 0 Å². The average molecular weight is 381 g/mol. The Morgan fingerprint density at radius 3 is 2.29 bits per heavy atom. The zero-order chi connectivity index (χ0) is 17.3. The van der Waals surface area contributed by atoms with Crippen molar-refractivity contribution in [1.29, 1.82) is 0 Å². The van der Waals surface area contributed by atoms with Crippen LogP contribution >= 0.6 is 34.8 Å². The van der Waals surface area contributed by atoms with Gasteiger partial charge in [-0.15, -0.1) is 0 Å². The van der Waals surface area contributed by atoms with Crippen LogP contribution in [0.5, 0.6) is 0 Å². The van der Waals surface area contributed by atoms with E-state index in [0.717, 1.165) is 6.07 Å². The zero-order valence-corrected chi connectivity index (χ0v) is 14.3. The topological polar surface area (TPSA) is 30.0 Å². The summed E-state index contributed by atoms with van der Waals surface area (Å²) in [5, 5.41) is 0.910. The third-order valence-electron chi connectivity index (χ3n) is 3.42. The Balaban J connectivity index is 2.06. The Bertz CT molecular complexity index is 923. The van der Waals surface area contributed by atoms with Gasteiger partial charge in [-0.25, -0.2) is 4.39 Å². The predicted molar refractivity (Wildman–Crippen MR) is 94.5 cm³/mol. The first-order valence-corrected chi connectivity index (χ1v) is 8.01. The Kier molecular flexibility index (Phi) is 4.86. The lowest BCUT2D eigenvalue weighted by atomic mass is 10.0. The van der Waals surface area contributed by atoms with Crippen molar-refractivity contribution in [2.45, 2.75) is 0 Å². The van der Waals surface area contributed by atoms with Crippen LogP contribution in [0.15, 0.2) is 54.7 Å². The van der Waals surface area contributed by atoms with Crippen LogP contribution in [0.2, 0.25) is 15.1 Å². The Morgan fingerprint density at radius 1 is 0.917 bits per heavy atom. The molecule has 0 saturated heterocycles. The zero-order valence-electron chi connectivity index (χ0n) is 12.1. The van der Waals surface area contributed by atoms with Gasteiger partial charge in [0.1, 0.15) is 5.82 Å². The van der Waals surface area contributed by atoms with Crippen molar-refractivity contribution >= 4 is 40.6 Å². The molecule has 3 rings (SSSR count). The van der Waals surface area contributed by atoms with E-state index >= 15 is 0 Å². The molecule has 0 fully saturated rings. The van der Waals surface area contributed by atoms with Gasteiger partial charge in [-0.1, -0.05) is 40.9 Å². The van der Waals surface area contributed by atoms with Crippen molar-refractivity contribution in [2.24, 2.45) is 0 Å². The summed E-state index contributed by atoms with van der Waals surface area (Å²) in [6.07, 6.45) is 1.49. The Labute approximate surface area is 152 Å². The first-order valence-electron chi connectivity index (χ1n) is 6.87. The van der Waals surface area contributed by atoms with Gasteiger partial charge in [-0.3, -0.25) is 9.78 Å². The van der Waals surface area contributed by atoms with E-state index in [9.17, 15) is 9.18 Å². The van der Waals surface area contributed by atoms with E-state index < -0.39 is 5.82 Å². The number of aromatic nitrogens is 1. The molecule has 2 aromatic carbocycles. The minimum atomic E-state index is -0.505. The van der Waals surface area contributed by atoms with Crippen LogP contribution in [-0.2, 0) is 0 Å². The maximum atomic E-state index is 13.2. The molecule has 0 unspecified atom stereocenters. The minimum Gasteiger partial charge on any atom is -0.289 e. The number of carbonyl (C=O) groups excluding carboxylic acids is 1. The molecule has 0 aliphatic rings. The van der Waals surface area contributed by atoms with Crippen LogP contribution in [0, 0.1) is 5.82 Å². The monoisotopic (exact) mass is 379 g/mol. The molecule has 6 heteroatoms. The second-order valence-corrected chi connectivity index (χ2v) is 6.20. The van der Waals surface area contributed by atoms with Crippen LogP contribution in [-0.4, -0.2) is 10.8 Å². The molecule has 1 heterocycles. The summed E-state index contributed by atoms with van der Waals surface area (Å²) in [7, 11) is 0. The van der Waals surface area contributed by atoms with E-state index in [4.69, 9.17) is 34.8 Å². The van der Waals surface area contributed by atoms with Gasteiger partial charge in [-0.2, -0.15) is 0 Å². The third kappa shape index (κ3) is 3.29. The van der Waals surface area contributed by atoms with Gasteiger partial charge in [0.2, 0.25) is 0 Å². The van der Waals surface area contributed by atoms with E-state index in [2.05, 4.69) is 4.98 Å². The van der Waals surface area contributed by atoms with Gasteiger partial charge in [0.25, 0.3) is 0 Å². The number of hydrogen-bond acceptors (Lipinski definition) is 2. The standard InChI is InChI=1S/C18H9Cl3FNO/c19-13-2-1-3-14(20)17(13)16-8-10(6-7-23-16)18(24)12-5-4-11(22)9-15(12)21/h1-9H. The van der Waals surface area contributed by atoms with Crippen molar-refractivity contribution in [3.05, 3.63) is 86.7 Å². The van der Waals surface area contributed by atoms with E-state index in [-0.39, 0.29) is 16.4 Å². The number of nitrogens with zero attached hydrogens (tertiary/aromatic N) is 1. The number of pyridine rings is 1. The number of rotatable bonds is 3. The van der Waals surface area contributed by atoms with Crippen LogP contribution in [0.25, 0.3) is 11.3 Å². The highest BCUT2D eigenvalue weighted by molar-refractivity contribution is 6.39. The molecule has 0 spiro atoms. The summed E-state index contributed by atoms with van der Waals surface area (Å²) in [5.74, 6) is -0.846. The fourth-order valence-electron chi connectivity index (χ4n) is 2.28. The lowest BCUT2D eigenvalue weighted by Gasteiger charge is -2.08. The van der Waals surface area contributed by atoms with Crippen LogP contribution in [0.1, 0.15) is 15.9 Å². The fraction of sp³-hybridized carbons (Fsp3) is 0. The second kappa shape index (κ2) is 6.89. The van der Waals surface area contributed by atoms with Crippen molar-refractivity contribution in [1.82, 2.24) is 4.98 Å². The number of benzene rings is 2. The van der Waals surface area contributed by atoms with E-state index in [1.54, 1.807) is 30.3 Å². The van der Waals surface area contributed by atoms with Crippen molar-refractivity contribution in [3.8, 4) is 11.3 Å². The van der Waals surface area contributed by atoms with Crippen LogP contribution in [0.3, 0.4) is 0 Å². The molecule has 1 aromatic heterocycles. The molecule has 120 valence electrons. The number of halogens is 4. The summed E-state index contributed by atoms with van der Waals surface area (Å²) < 4.78 is 13.2. The Hall–Kier alpha value is -1.94. The first kappa shape index (κ1) is 16.9. The van der Waals surface area contributed by atoms with Crippen molar-refractivity contribution < 1.29 is 9.18 Å². The molecule has 0 saturated carbocycles. The molecule has 0 N–H and O–H groups in total. The minimum absolute atomic E-state index is 0.0501. The summed E-state index contributed by atoms with van der Waals surface area (Å²) in [6.45, 7) is 0. The first-order chi connectivity index (χ1) is 11.5. The molecule has 3 aromatic rings. The average Bonchev–Trinajstić information content (AvgIpc) is 2.54. The highest BCUT2D eigenvalue weighted by atomic mass is 35.5. The number of ketones is 1. The van der Waals surface area contributed by atoms with E-state index in [0.29, 0.717) is 26.9 Å². The van der Waals surface area contributed by atoms with E-state index in [1.165, 1.54) is 18.3 Å². The van der Waals surface area contributed by atoms with Gasteiger partial charge in [0.15, 0.2) is 5.78 Å². The molecule has 0 bridgehead atoms. The SMILES string of the molecule is O=C(c1ccnc(-c2c(Cl)cccc2Cl)c1)c1ccc(F)cc1Cl. The quantitative estimate of drug-likeness (QED) is 0.515. The molecule has 0 aliphatic heterocycles. The maximum absolute atomic E-state index is 13.2. The van der Waals surface area contributed by atoms with Crippen molar-refractivity contribution in [3.63, 3.8) is 0 Å². The number of carbonyl (C=O) groups is 1. The Morgan fingerprint density at radius 2 is 1.62 bits per heavy atom. The third-order valence-corrected chi connectivity index (χ3v) is 4.36. The van der Waals surface area contributed by atoms with Crippen LogP contribution < -0.4 is 0 Å². The molecular formula is C18H9Cl3FNO. The molecular weight excluding hydrogens is 372 g/mol. The lowest BCUT2D eigenvalue weighted by Crippen LogP contribution is -2.03. The van der Waals surface area contributed by atoms with Gasteiger partial charge < -0.3 is 0 Å². The number of hydrogen-bond donors (Lipinski definition) is 0. The lowest BCUT2D eigenvalue weighted by molar-refractivity contribution is 0.103. The summed E-state index contributed by atoms with van der Waals surface area (Å²) in [5.41, 5.74) is 1.57. The normalized spacial score (nSPS) is 10.7. The van der Waals surface area contributed by atoms with Gasteiger partial charge >= 0.3 is 0 Å². The molecule has 0 atom stereocenters. The molecule has 2 nitrogen and oxygen atoms in total. The molecule has 0 amide bonds. The molecule has 0 aliphatic carbocycles. The molecule has 0 radical (unpaired) electrons. The highest BCUT2D eigenvalue weighted by Crippen LogP contribution is 2.34. The van der Waals surface area contributed by atoms with E-state index in [1.807, 2.05) is 0 Å². The van der Waals surface area contributed by atoms with Gasteiger partial charge in [0.05, 0.1) is 20.8 Å². The highest BCUT2D eigenvalue weighted by Gasteiger charge is 2.16. The summed E-state index contributed by atoms with van der Waals surface area (Å²) >= 11 is 18.3. The van der Waals surface area contributed by atoms with Gasteiger partial charge in [-0.05, 0) is 42.5 Å². The maximum Gasteiger partial charge on any atom is 0.194 e. The molecule has 24 heavy (non-hydrogen) atoms. The summed E-state index contributed by atoms with van der Waals surface area (Å²) in [4.78, 5) is 16.9. The van der Waals surface area contributed by atoms with Gasteiger partial charge in [0, 0.05) is 22.9 Å². The summed E-state index contributed by atoms with van der Waals surface area (Å²) in [6, 6.07) is 11.9. The predicted octanol–water partition coefficient (Wildman–Crippen LogP) is 6.08. The second-order valence-electron chi connectivity index (χ2n) is 4.98. The smallest absolute Gasteiger partial charge is 0.194 e. The fourth-order valence-corrected chi connectivity index (χ4v) is 3.12.